The standard InChI is InChI=1S/C22H19ClN4O3.C7H14O/c1-11-21(12(2)30-26-11)13-3-5-16-17(9-13)25-22(24-16)18-6-8-20(29)27(18)14-4-7-19(28)15(23)10-14;1-8-7-5-3-2-4-6-7/h3-5,7,9-10,18,28H,6,8H2,1-2H3,(H,24,25);7H,2-6H2,1H3/t18-;/m0./s1. The van der Waals surface area contributed by atoms with E-state index in [2.05, 4.69) is 10.1 Å². The largest absolute Gasteiger partial charge is 0.506 e. The number of hydrogen-bond donors (Lipinski definition) is 2. The fourth-order valence-corrected chi connectivity index (χ4v) is 5.63. The number of fused-ring (bicyclic) bond motifs is 1. The maximum absolute atomic E-state index is 12.6. The van der Waals surface area contributed by atoms with Crippen LogP contribution in [0.4, 0.5) is 5.69 Å². The molecule has 1 saturated carbocycles. The van der Waals surface area contributed by atoms with Crippen molar-refractivity contribution in [2.45, 2.75) is 70.9 Å². The number of carbonyl (C=O) groups excluding carboxylic acids is 1. The van der Waals surface area contributed by atoms with Crippen LogP contribution in [-0.2, 0) is 9.53 Å². The number of ether oxygens (including phenoxy) is 1. The van der Waals surface area contributed by atoms with E-state index in [4.69, 9.17) is 25.8 Å². The zero-order valence-electron chi connectivity index (χ0n) is 22.0. The van der Waals surface area contributed by atoms with Crippen molar-refractivity contribution >= 4 is 34.2 Å². The summed E-state index contributed by atoms with van der Waals surface area (Å²) in [6, 6.07) is 10.5. The minimum atomic E-state index is -0.229. The number of rotatable bonds is 4. The van der Waals surface area contributed by atoms with E-state index < -0.39 is 0 Å². The maximum atomic E-state index is 12.6. The molecule has 2 aliphatic rings. The third-order valence-electron chi connectivity index (χ3n) is 7.44. The van der Waals surface area contributed by atoms with Gasteiger partial charge >= 0.3 is 0 Å². The van der Waals surface area contributed by atoms with Crippen molar-refractivity contribution in [3.8, 4) is 16.9 Å². The molecule has 2 aromatic carbocycles. The molecule has 1 aliphatic carbocycles. The van der Waals surface area contributed by atoms with Crippen LogP contribution in [0.15, 0.2) is 40.9 Å². The van der Waals surface area contributed by atoms with Crippen molar-refractivity contribution in [3.63, 3.8) is 0 Å². The van der Waals surface area contributed by atoms with Crippen molar-refractivity contribution in [3.05, 3.63) is 58.7 Å². The predicted octanol–water partition coefficient (Wildman–Crippen LogP) is 7.03. The lowest BCUT2D eigenvalue weighted by atomic mass is 9.98. The molecule has 0 radical (unpaired) electrons. The lowest BCUT2D eigenvalue weighted by Gasteiger charge is -2.23. The highest BCUT2D eigenvalue weighted by molar-refractivity contribution is 6.32. The Balaban J connectivity index is 0.000000316. The molecule has 0 bridgehead atoms. The summed E-state index contributed by atoms with van der Waals surface area (Å²) in [5, 5.41) is 13.9. The summed E-state index contributed by atoms with van der Waals surface area (Å²) >= 11 is 6.07. The van der Waals surface area contributed by atoms with E-state index in [1.807, 2.05) is 39.2 Å². The van der Waals surface area contributed by atoms with Crippen molar-refractivity contribution in [2.75, 3.05) is 12.0 Å². The molecular formula is C29H33ClN4O4. The summed E-state index contributed by atoms with van der Waals surface area (Å²) in [6.45, 7) is 3.81. The Morgan fingerprint density at radius 2 is 1.89 bits per heavy atom. The van der Waals surface area contributed by atoms with Gasteiger partial charge in [0.05, 0.1) is 33.9 Å². The summed E-state index contributed by atoms with van der Waals surface area (Å²) < 4.78 is 10.5. The molecule has 38 heavy (non-hydrogen) atoms. The zero-order chi connectivity index (χ0) is 26.8. The van der Waals surface area contributed by atoms with E-state index in [1.54, 1.807) is 17.0 Å². The van der Waals surface area contributed by atoms with Gasteiger partial charge < -0.3 is 24.3 Å². The zero-order valence-corrected chi connectivity index (χ0v) is 22.7. The normalized spacial score (nSPS) is 18.2. The van der Waals surface area contributed by atoms with Crippen LogP contribution in [0.1, 0.15) is 68.3 Å². The second-order valence-corrected chi connectivity index (χ2v) is 10.4. The quantitative estimate of drug-likeness (QED) is 0.290. The Morgan fingerprint density at radius 1 is 1.11 bits per heavy atom. The first-order valence-corrected chi connectivity index (χ1v) is 13.5. The Morgan fingerprint density at radius 3 is 2.55 bits per heavy atom. The predicted molar refractivity (Wildman–Crippen MR) is 148 cm³/mol. The number of phenolic OH excluding ortho intramolecular Hbond substituents is 1. The Kier molecular flexibility index (Phi) is 7.72. The number of aryl methyl sites for hydroxylation is 2. The van der Waals surface area contributed by atoms with Gasteiger partial charge in [-0.05, 0) is 69.0 Å². The minimum Gasteiger partial charge on any atom is -0.506 e. The molecule has 6 rings (SSSR count). The number of aromatic hydroxyl groups is 1. The highest BCUT2D eigenvalue weighted by Crippen LogP contribution is 2.39. The number of hydrogen-bond acceptors (Lipinski definition) is 6. The first kappa shape index (κ1) is 26.3. The summed E-state index contributed by atoms with van der Waals surface area (Å²) in [7, 11) is 1.82. The van der Waals surface area contributed by atoms with Gasteiger partial charge in [-0.25, -0.2) is 4.98 Å². The van der Waals surface area contributed by atoms with Crippen molar-refractivity contribution in [1.82, 2.24) is 15.1 Å². The molecule has 2 N–H and O–H groups in total. The van der Waals surface area contributed by atoms with E-state index in [-0.39, 0.29) is 22.7 Å². The summed E-state index contributed by atoms with van der Waals surface area (Å²) in [5.41, 5.74) is 5.16. The number of H-pyrrole nitrogens is 1. The fourth-order valence-electron chi connectivity index (χ4n) is 5.45. The van der Waals surface area contributed by atoms with Crippen LogP contribution in [0.2, 0.25) is 5.02 Å². The Hall–Kier alpha value is -3.36. The molecule has 1 aliphatic heterocycles. The highest BCUT2D eigenvalue weighted by atomic mass is 35.5. The summed E-state index contributed by atoms with van der Waals surface area (Å²) in [4.78, 5) is 22.4. The van der Waals surface area contributed by atoms with Gasteiger partial charge in [0.1, 0.15) is 17.3 Å². The van der Waals surface area contributed by atoms with Gasteiger partial charge in [0.2, 0.25) is 5.91 Å². The molecule has 0 spiro atoms. The van der Waals surface area contributed by atoms with Crippen LogP contribution in [-0.4, -0.2) is 39.4 Å². The lowest BCUT2D eigenvalue weighted by Crippen LogP contribution is -2.27. The monoisotopic (exact) mass is 536 g/mol. The Labute approximate surface area is 226 Å². The molecule has 4 aromatic rings. The molecule has 8 nitrogen and oxygen atoms in total. The van der Waals surface area contributed by atoms with E-state index in [0.717, 1.165) is 39.4 Å². The highest BCUT2D eigenvalue weighted by Gasteiger charge is 2.35. The molecule has 2 aromatic heterocycles. The SMILES string of the molecule is COC1CCCCC1.Cc1noc(C)c1-c1ccc2nc([C@@H]3CCC(=O)N3c3ccc(O)c(Cl)c3)[nH]c2c1. The average Bonchev–Trinajstić information content (AvgIpc) is 3.62. The average molecular weight is 537 g/mol. The number of methoxy groups -OCH3 is 1. The summed E-state index contributed by atoms with van der Waals surface area (Å²) in [5.74, 6) is 1.47. The number of carbonyl (C=O) groups is 1. The topological polar surface area (TPSA) is 104 Å². The number of halogens is 1. The summed E-state index contributed by atoms with van der Waals surface area (Å²) in [6.07, 6.45) is 8.39. The number of anilines is 1. The minimum absolute atomic E-state index is 0.00128. The molecule has 200 valence electrons. The molecule has 0 unspecified atom stereocenters. The Bertz CT molecular complexity index is 1420. The van der Waals surface area contributed by atoms with Crippen molar-refractivity contribution in [2.24, 2.45) is 0 Å². The maximum Gasteiger partial charge on any atom is 0.227 e. The van der Waals surface area contributed by atoms with Gasteiger partial charge in [-0.15, -0.1) is 0 Å². The van der Waals surface area contributed by atoms with Gasteiger partial charge in [-0.3, -0.25) is 4.79 Å². The number of nitrogens with one attached hydrogen (secondary N) is 1. The van der Waals surface area contributed by atoms with E-state index in [1.165, 1.54) is 38.2 Å². The van der Waals surface area contributed by atoms with Gasteiger partial charge in [-0.2, -0.15) is 0 Å². The van der Waals surface area contributed by atoms with E-state index in [0.29, 0.717) is 24.6 Å². The number of amides is 1. The van der Waals surface area contributed by atoms with E-state index in [9.17, 15) is 9.90 Å². The van der Waals surface area contributed by atoms with Crippen LogP contribution in [0, 0.1) is 13.8 Å². The lowest BCUT2D eigenvalue weighted by molar-refractivity contribution is -0.117. The second kappa shape index (κ2) is 11.2. The van der Waals surface area contributed by atoms with Gasteiger partial charge in [0.15, 0.2) is 0 Å². The number of benzene rings is 2. The molecule has 3 heterocycles. The molecule has 9 heteroatoms. The third kappa shape index (κ3) is 5.28. The van der Waals surface area contributed by atoms with Gasteiger partial charge in [0.25, 0.3) is 0 Å². The molecule has 2 fully saturated rings. The fraction of sp³-hybridized carbons (Fsp3) is 0.414. The number of nitrogens with zero attached hydrogens (tertiary/aromatic N) is 3. The number of phenols is 1. The number of aromatic nitrogens is 3. The number of aromatic amines is 1. The smallest absolute Gasteiger partial charge is 0.227 e. The van der Waals surface area contributed by atoms with Crippen LogP contribution < -0.4 is 4.90 Å². The molecule has 1 saturated heterocycles. The molecule has 1 atom stereocenters. The van der Waals surface area contributed by atoms with Crippen molar-refractivity contribution < 1.29 is 19.2 Å². The molecular weight excluding hydrogens is 504 g/mol. The second-order valence-electron chi connectivity index (χ2n) is 10.0. The van der Waals surface area contributed by atoms with E-state index >= 15 is 0 Å². The van der Waals surface area contributed by atoms with Crippen LogP contribution in [0.25, 0.3) is 22.2 Å². The first-order valence-electron chi connectivity index (χ1n) is 13.1. The number of imidazole rings is 1. The molecule has 1 amide bonds. The van der Waals surface area contributed by atoms with Crippen molar-refractivity contribution in [1.29, 1.82) is 0 Å². The first-order chi connectivity index (χ1) is 18.4. The van der Waals surface area contributed by atoms with Crippen LogP contribution in [0.3, 0.4) is 0 Å². The van der Waals surface area contributed by atoms with Gasteiger partial charge in [0, 0.05) is 24.8 Å². The van der Waals surface area contributed by atoms with Crippen LogP contribution >= 0.6 is 11.6 Å². The third-order valence-corrected chi connectivity index (χ3v) is 7.75. The van der Waals surface area contributed by atoms with Crippen LogP contribution in [0.5, 0.6) is 5.75 Å². The van der Waals surface area contributed by atoms with Gasteiger partial charge in [-0.1, -0.05) is 42.1 Å².